The van der Waals surface area contributed by atoms with E-state index in [4.69, 9.17) is 4.74 Å². The van der Waals surface area contributed by atoms with E-state index < -0.39 is 0 Å². The topological polar surface area (TPSA) is 29.5 Å². The Morgan fingerprint density at radius 1 is 1.35 bits per heavy atom. The highest BCUT2D eigenvalue weighted by molar-refractivity contribution is 5.39. The summed E-state index contributed by atoms with van der Waals surface area (Å²) < 4.78 is 5.58. The van der Waals surface area contributed by atoms with Crippen LogP contribution in [0.4, 0.5) is 0 Å². The lowest BCUT2D eigenvalue weighted by Gasteiger charge is -2.24. The number of aryl methyl sites for hydroxylation is 1. The summed E-state index contributed by atoms with van der Waals surface area (Å²) in [6.07, 6.45) is 2.55. The predicted molar refractivity (Wildman–Crippen MR) is 69.3 cm³/mol. The van der Waals surface area contributed by atoms with Gasteiger partial charge in [0.25, 0.3) is 0 Å². The third-order valence-electron chi connectivity index (χ3n) is 3.12. The van der Waals surface area contributed by atoms with Crippen molar-refractivity contribution in [3.05, 3.63) is 29.3 Å². The summed E-state index contributed by atoms with van der Waals surface area (Å²) in [5.41, 5.74) is 2.40. The largest absolute Gasteiger partial charge is 0.493 e. The van der Waals surface area contributed by atoms with Gasteiger partial charge in [-0.25, -0.2) is 0 Å². The average Bonchev–Trinajstić information content (AvgIpc) is 2.26. The molecule has 0 aromatic heterocycles. The lowest BCUT2D eigenvalue weighted by atomic mass is 9.86. The van der Waals surface area contributed by atoms with E-state index in [1.807, 2.05) is 12.1 Å². The summed E-state index contributed by atoms with van der Waals surface area (Å²) in [6.45, 7) is 7.27. The molecule has 0 amide bonds. The first-order valence-corrected chi connectivity index (χ1v) is 6.39. The first-order valence-electron chi connectivity index (χ1n) is 6.39. The van der Waals surface area contributed by atoms with Gasteiger partial charge >= 0.3 is 0 Å². The molecule has 1 unspecified atom stereocenters. The minimum Gasteiger partial charge on any atom is -0.493 e. The second kappa shape index (κ2) is 4.69. The number of aliphatic hydroxyl groups excluding tert-OH is 1. The highest BCUT2D eigenvalue weighted by Crippen LogP contribution is 2.32. The van der Waals surface area contributed by atoms with Crippen LogP contribution in [-0.4, -0.2) is 11.7 Å². The summed E-state index contributed by atoms with van der Waals surface area (Å²) in [7, 11) is 0. The molecule has 1 aromatic carbocycles. The number of hydrogen-bond donors (Lipinski definition) is 1. The Kier molecular flexibility index (Phi) is 3.43. The zero-order valence-electron chi connectivity index (χ0n) is 11.0. The average molecular weight is 234 g/mol. The lowest BCUT2D eigenvalue weighted by Crippen LogP contribution is -2.13. The van der Waals surface area contributed by atoms with Gasteiger partial charge in [0.15, 0.2) is 0 Å². The molecule has 0 saturated carbocycles. The van der Waals surface area contributed by atoms with Crippen molar-refractivity contribution in [2.24, 2.45) is 5.41 Å². The van der Waals surface area contributed by atoms with E-state index in [-0.39, 0.29) is 11.5 Å². The van der Waals surface area contributed by atoms with Crippen molar-refractivity contribution < 1.29 is 9.84 Å². The van der Waals surface area contributed by atoms with E-state index in [2.05, 4.69) is 26.8 Å². The Hall–Kier alpha value is -1.02. The van der Waals surface area contributed by atoms with Crippen molar-refractivity contribution in [3.8, 4) is 5.75 Å². The lowest BCUT2D eigenvalue weighted by molar-refractivity contribution is 0.122. The van der Waals surface area contributed by atoms with Crippen molar-refractivity contribution in [3.63, 3.8) is 0 Å². The molecule has 0 bridgehead atoms. The standard InChI is InChI=1S/C15H22O2/c1-15(2,3)10-13(16)11-6-7-14-12(9-11)5-4-8-17-14/h6-7,9,13,16H,4-5,8,10H2,1-3H3. The second-order valence-corrected chi connectivity index (χ2v) is 6.10. The van der Waals surface area contributed by atoms with Gasteiger partial charge in [0, 0.05) is 0 Å². The summed E-state index contributed by atoms with van der Waals surface area (Å²) >= 11 is 0. The van der Waals surface area contributed by atoms with Gasteiger partial charge in [-0.15, -0.1) is 0 Å². The van der Waals surface area contributed by atoms with E-state index in [1.54, 1.807) is 0 Å². The maximum Gasteiger partial charge on any atom is 0.122 e. The van der Waals surface area contributed by atoms with Crippen LogP contribution >= 0.6 is 0 Å². The smallest absolute Gasteiger partial charge is 0.122 e. The highest BCUT2D eigenvalue weighted by atomic mass is 16.5. The molecule has 0 radical (unpaired) electrons. The van der Waals surface area contributed by atoms with Crippen molar-refractivity contribution in [2.45, 2.75) is 46.1 Å². The molecule has 0 spiro atoms. The molecule has 0 saturated heterocycles. The monoisotopic (exact) mass is 234 g/mol. The number of hydrogen-bond acceptors (Lipinski definition) is 2. The van der Waals surface area contributed by atoms with Gasteiger partial charge in [-0.3, -0.25) is 0 Å². The molecule has 17 heavy (non-hydrogen) atoms. The molecule has 94 valence electrons. The minimum atomic E-state index is -0.373. The van der Waals surface area contributed by atoms with Gasteiger partial charge in [-0.2, -0.15) is 0 Å². The first-order chi connectivity index (χ1) is 7.96. The number of benzene rings is 1. The molecule has 1 N–H and O–H groups in total. The van der Waals surface area contributed by atoms with Crippen molar-refractivity contribution in [2.75, 3.05) is 6.61 Å². The van der Waals surface area contributed by atoms with Crippen LogP contribution in [-0.2, 0) is 6.42 Å². The quantitative estimate of drug-likeness (QED) is 0.849. The molecule has 2 nitrogen and oxygen atoms in total. The van der Waals surface area contributed by atoms with E-state index in [9.17, 15) is 5.11 Å². The van der Waals surface area contributed by atoms with E-state index in [0.717, 1.165) is 37.2 Å². The van der Waals surface area contributed by atoms with Crippen LogP contribution in [0.25, 0.3) is 0 Å². The normalized spacial score (nSPS) is 17.2. The van der Waals surface area contributed by atoms with Crippen LogP contribution in [0.2, 0.25) is 0 Å². The number of rotatable bonds is 2. The molecule has 1 heterocycles. The predicted octanol–water partition coefficient (Wildman–Crippen LogP) is 3.48. The Morgan fingerprint density at radius 3 is 2.82 bits per heavy atom. The summed E-state index contributed by atoms with van der Waals surface area (Å²) in [5, 5.41) is 10.2. The molecule has 1 aliphatic rings. The molecule has 0 fully saturated rings. The van der Waals surface area contributed by atoms with E-state index >= 15 is 0 Å². The number of fused-ring (bicyclic) bond motifs is 1. The second-order valence-electron chi connectivity index (χ2n) is 6.10. The van der Waals surface area contributed by atoms with Gasteiger partial charge in [0.2, 0.25) is 0 Å². The van der Waals surface area contributed by atoms with Crippen LogP contribution in [0.1, 0.15) is 50.8 Å². The maximum atomic E-state index is 10.2. The van der Waals surface area contributed by atoms with Gasteiger partial charge in [0.1, 0.15) is 5.75 Å². The van der Waals surface area contributed by atoms with E-state index in [0.29, 0.717) is 0 Å². The molecule has 1 aromatic rings. The van der Waals surface area contributed by atoms with Crippen molar-refractivity contribution in [1.29, 1.82) is 0 Å². The fourth-order valence-electron chi connectivity index (χ4n) is 2.29. The van der Waals surface area contributed by atoms with Crippen LogP contribution in [0.3, 0.4) is 0 Å². The zero-order valence-corrected chi connectivity index (χ0v) is 11.0. The molecule has 0 aliphatic carbocycles. The summed E-state index contributed by atoms with van der Waals surface area (Å²) in [6, 6.07) is 6.08. The third-order valence-corrected chi connectivity index (χ3v) is 3.12. The summed E-state index contributed by atoms with van der Waals surface area (Å²) in [4.78, 5) is 0. The Morgan fingerprint density at radius 2 is 2.12 bits per heavy atom. The molecular weight excluding hydrogens is 212 g/mol. The fourth-order valence-corrected chi connectivity index (χ4v) is 2.29. The van der Waals surface area contributed by atoms with Gasteiger partial charge < -0.3 is 9.84 Å². The Labute approximate surface area is 104 Å². The van der Waals surface area contributed by atoms with Crippen molar-refractivity contribution in [1.82, 2.24) is 0 Å². The van der Waals surface area contributed by atoms with Gasteiger partial charge in [-0.1, -0.05) is 26.8 Å². The molecule has 2 heteroatoms. The van der Waals surface area contributed by atoms with Crippen molar-refractivity contribution >= 4 is 0 Å². The molecule has 1 aliphatic heterocycles. The van der Waals surface area contributed by atoms with E-state index in [1.165, 1.54) is 5.56 Å². The fraction of sp³-hybridized carbons (Fsp3) is 0.600. The molecule has 2 rings (SSSR count). The SMILES string of the molecule is CC(C)(C)CC(O)c1ccc2c(c1)CCCO2. The first kappa shape index (κ1) is 12.4. The highest BCUT2D eigenvalue weighted by Gasteiger charge is 2.19. The van der Waals surface area contributed by atoms with Gasteiger partial charge in [0.05, 0.1) is 12.7 Å². The molecular formula is C15H22O2. The summed E-state index contributed by atoms with van der Waals surface area (Å²) in [5.74, 6) is 0.989. The van der Waals surface area contributed by atoms with Crippen LogP contribution < -0.4 is 4.74 Å². The number of aliphatic hydroxyl groups is 1. The van der Waals surface area contributed by atoms with Crippen LogP contribution in [0, 0.1) is 5.41 Å². The Balaban J connectivity index is 2.16. The maximum absolute atomic E-state index is 10.2. The number of ether oxygens (including phenoxy) is 1. The van der Waals surface area contributed by atoms with Crippen LogP contribution in [0.5, 0.6) is 5.75 Å². The zero-order chi connectivity index (χ0) is 12.5. The third kappa shape index (κ3) is 3.22. The Bertz CT molecular complexity index is 390. The van der Waals surface area contributed by atoms with Crippen LogP contribution in [0.15, 0.2) is 18.2 Å². The molecule has 1 atom stereocenters. The van der Waals surface area contributed by atoms with Gasteiger partial charge in [-0.05, 0) is 47.9 Å². The minimum absolute atomic E-state index is 0.145.